The molecule has 0 aliphatic rings. The van der Waals surface area contributed by atoms with Gasteiger partial charge in [-0.05, 0) is 24.3 Å². The second-order valence-electron chi connectivity index (χ2n) is 5.30. The Morgan fingerprint density at radius 3 is 2.68 bits per heavy atom. The quantitative estimate of drug-likeness (QED) is 0.589. The third-order valence-electron chi connectivity index (χ3n) is 3.63. The second-order valence-corrected chi connectivity index (χ2v) is 5.30. The van der Waals surface area contributed by atoms with Crippen LogP contribution in [0.2, 0.25) is 0 Å². The van der Waals surface area contributed by atoms with Crippen molar-refractivity contribution >= 4 is 35.0 Å². The highest BCUT2D eigenvalue weighted by molar-refractivity contribution is 5.98. The van der Waals surface area contributed by atoms with E-state index in [0.29, 0.717) is 5.56 Å². The number of allylic oxidation sites excluding steroid dienone is 1. The fraction of sp³-hybridized carbons (Fsp3) is 0.0526. The van der Waals surface area contributed by atoms with Gasteiger partial charge in [0.1, 0.15) is 0 Å². The Balaban J connectivity index is 1.71. The molecule has 124 valence electrons. The van der Waals surface area contributed by atoms with E-state index in [9.17, 15) is 9.59 Å². The summed E-state index contributed by atoms with van der Waals surface area (Å²) in [5, 5.41) is 4.85. The minimum Gasteiger partial charge on any atom is -0.287 e. The highest BCUT2D eigenvalue weighted by Crippen LogP contribution is 2.22. The summed E-state index contributed by atoms with van der Waals surface area (Å²) in [7, 11) is 0. The largest absolute Gasteiger partial charge is 0.287 e. The summed E-state index contributed by atoms with van der Waals surface area (Å²) in [6, 6.07) is 10.9. The first-order valence-electron chi connectivity index (χ1n) is 7.68. The summed E-state index contributed by atoms with van der Waals surface area (Å²) in [4.78, 5) is 27.4. The van der Waals surface area contributed by atoms with Crippen LogP contribution >= 0.6 is 0 Å². The number of benzene rings is 1. The van der Waals surface area contributed by atoms with E-state index in [2.05, 4.69) is 15.5 Å². The fourth-order valence-corrected chi connectivity index (χ4v) is 2.45. The smallest absolute Gasteiger partial charge is 0.271 e. The molecule has 1 amide bonds. The Kier molecular flexibility index (Phi) is 4.80. The van der Waals surface area contributed by atoms with Crippen molar-refractivity contribution in [3.05, 3.63) is 72.2 Å². The first-order valence-corrected chi connectivity index (χ1v) is 7.68. The van der Waals surface area contributed by atoms with E-state index >= 15 is 0 Å². The summed E-state index contributed by atoms with van der Waals surface area (Å²) in [6.45, 7) is 1.52. The standard InChI is InChI=1S/C19H16N4O2/c1-14(24)23-13-16(17-6-2-3-7-18(17)23)5-4-10-21-22-19(25)15-8-11-20-12-9-15/h2-13H,1H3,(H,22,25)/b5-4+,21-10-. The maximum Gasteiger partial charge on any atom is 0.271 e. The fourth-order valence-electron chi connectivity index (χ4n) is 2.45. The first-order chi connectivity index (χ1) is 12.2. The van der Waals surface area contributed by atoms with Gasteiger partial charge in [0, 0.05) is 48.2 Å². The summed E-state index contributed by atoms with van der Waals surface area (Å²) in [5.41, 5.74) is 4.68. The van der Waals surface area contributed by atoms with Crippen molar-refractivity contribution in [2.45, 2.75) is 6.92 Å². The van der Waals surface area contributed by atoms with Gasteiger partial charge in [-0.3, -0.25) is 19.1 Å². The number of nitrogens with one attached hydrogen (secondary N) is 1. The SMILES string of the molecule is CC(=O)n1cc(/C=C/C=N\NC(=O)c2ccncc2)c2ccccc21. The molecule has 1 aromatic carbocycles. The topological polar surface area (TPSA) is 76.3 Å². The van der Waals surface area contributed by atoms with Crippen LogP contribution in [-0.2, 0) is 0 Å². The zero-order valence-electron chi connectivity index (χ0n) is 13.6. The summed E-state index contributed by atoms with van der Waals surface area (Å²) in [5.74, 6) is -0.352. The number of carbonyl (C=O) groups excluding carboxylic acids is 2. The maximum absolute atomic E-state index is 11.8. The van der Waals surface area contributed by atoms with Crippen LogP contribution in [0.3, 0.4) is 0 Å². The lowest BCUT2D eigenvalue weighted by molar-refractivity contribution is 0.0937. The molecule has 0 radical (unpaired) electrons. The Bertz CT molecular complexity index is 972. The number of nitrogens with zero attached hydrogens (tertiary/aromatic N) is 3. The molecule has 0 aliphatic carbocycles. The van der Waals surface area contributed by atoms with Gasteiger partial charge < -0.3 is 0 Å². The van der Waals surface area contributed by atoms with Gasteiger partial charge >= 0.3 is 0 Å². The van der Waals surface area contributed by atoms with Gasteiger partial charge in [-0.25, -0.2) is 5.43 Å². The van der Waals surface area contributed by atoms with E-state index in [1.165, 1.54) is 13.1 Å². The molecule has 0 unspecified atom stereocenters. The molecule has 3 aromatic rings. The molecular formula is C19H16N4O2. The van der Waals surface area contributed by atoms with E-state index in [4.69, 9.17) is 0 Å². The Labute approximate surface area is 144 Å². The highest BCUT2D eigenvalue weighted by atomic mass is 16.2. The van der Waals surface area contributed by atoms with Crippen LogP contribution < -0.4 is 5.43 Å². The van der Waals surface area contributed by atoms with Crippen LogP contribution in [0.25, 0.3) is 17.0 Å². The number of para-hydroxylation sites is 1. The van der Waals surface area contributed by atoms with Gasteiger partial charge in [0.25, 0.3) is 5.91 Å². The zero-order valence-corrected chi connectivity index (χ0v) is 13.6. The van der Waals surface area contributed by atoms with E-state index in [-0.39, 0.29) is 11.8 Å². The molecule has 1 N–H and O–H groups in total. The number of pyridine rings is 1. The minimum absolute atomic E-state index is 0.0471. The van der Waals surface area contributed by atoms with Crippen LogP contribution in [0.4, 0.5) is 0 Å². The predicted molar refractivity (Wildman–Crippen MR) is 97.5 cm³/mol. The van der Waals surface area contributed by atoms with Gasteiger partial charge in [-0.15, -0.1) is 0 Å². The van der Waals surface area contributed by atoms with Gasteiger partial charge in [0.2, 0.25) is 5.91 Å². The van der Waals surface area contributed by atoms with Gasteiger partial charge in [-0.1, -0.05) is 24.3 Å². The molecule has 2 aromatic heterocycles. The monoisotopic (exact) mass is 332 g/mol. The lowest BCUT2D eigenvalue weighted by Gasteiger charge is -1.97. The third kappa shape index (κ3) is 3.69. The highest BCUT2D eigenvalue weighted by Gasteiger charge is 2.08. The molecule has 6 heteroatoms. The van der Waals surface area contributed by atoms with Crippen LogP contribution in [-0.4, -0.2) is 27.6 Å². The van der Waals surface area contributed by atoms with Crippen LogP contribution in [0.15, 0.2) is 66.2 Å². The summed E-state index contributed by atoms with van der Waals surface area (Å²) < 4.78 is 1.61. The number of carbonyl (C=O) groups is 2. The second kappa shape index (κ2) is 7.35. The van der Waals surface area contributed by atoms with Crippen molar-refractivity contribution in [2.75, 3.05) is 0 Å². The average Bonchev–Trinajstić information content (AvgIpc) is 3.01. The molecule has 0 fully saturated rings. The Hall–Kier alpha value is -3.54. The lowest BCUT2D eigenvalue weighted by atomic mass is 10.1. The number of fused-ring (bicyclic) bond motifs is 1. The van der Waals surface area contributed by atoms with E-state index in [1.54, 1.807) is 41.4 Å². The molecule has 6 nitrogen and oxygen atoms in total. The number of amides is 1. The molecule has 25 heavy (non-hydrogen) atoms. The zero-order chi connectivity index (χ0) is 17.6. The first kappa shape index (κ1) is 16.3. The van der Waals surface area contributed by atoms with Gasteiger partial charge in [0.05, 0.1) is 5.52 Å². The van der Waals surface area contributed by atoms with Crippen LogP contribution in [0, 0.1) is 0 Å². The Morgan fingerprint density at radius 1 is 1.16 bits per heavy atom. The summed E-state index contributed by atoms with van der Waals surface area (Å²) >= 11 is 0. The molecule has 0 bridgehead atoms. The van der Waals surface area contributed by atoms with Crippen LogP contribution in [0.5, 0.6) is 0 Å². The van der Waals surface area contributed by atoms with Gasteiger partial charge in [-0.2, -0.15) is 5.10 Å². The molecule has 0 saturated heterocycles. The third-order valence-corrected chi connectivity index (χ3v) is 3.63. The number of hydrogen-bond acceptors (Lipinski definition) is 4. The lowest BCUT2D eigenvalue weighted by Crippen LogP contribution is -2.17. The van der Waals surface area contributed by atoms with Crippen molar-refractivity contribution in [3.8, 4) is 0 Å². The summed E-state index contributed by atoms with van der Waals surface area (Å²) in [6.07, 6.45) is 9.90. The van der Waals surface area contributed by atoms with Crippen molar-refractivity contribution in [2.24, 2.45) is 5.10 Å². The number of hydrazone groups is 1. The predicted octanol–water partition coefficient (Wildman–Crippen LogP) is 3.13. The molecule has 3 rings (SSSR count). The molecule has 0 saturated carbocycles. The Morgan fingerprint density at radius 2 is 1.92 bits per heavy atom. The number of rotatable bonds is 4. The van der Waals surface area contributed by atoms with E-state index in [0.717, 1.165) is 16.5 Å². The van der Waals surface area contributed by atoms with Crippen molar-refractivity contribution in [1.82, 2.24) is 15.0 Å². The molecular weight excluding hydrogens is 316 g/mol. The maximum atomic E-state index is 11.8. The molecule has 0 atom stereocenters. The minimum atomic E-state index is -0.305. The molecule has 2 heterocycles. The van der Waals surface area contributed by atoms with Crippen molar-refractivity contribution in [1.29, 1.82) is 0 Å². The van der Waals surface area contributed by atoms with Crippen LogP contribution in [0.1, 0.15) is 27.6 Å². The average molecular weight is 332 g/mol. The molecule has 0 aliphatic heterocycles. The molecule has 0 spiro atoms. The number of hydrogen-bond donors (Lipinski definition) is 1. The number of aromatic nitrogens is 2. The van der Waals surface area contributed by atoms with E-state index in [1.807, 2.05) is 30.3 Å². The van der Waals surface area contributed by atoms with Gasteiger partial charge in [0.15, 0.2) is 0 Å². The van der Waals surface area contributed by atoms with E-state index < -0.39 is 0 Å². The van der Waals surface area contributed by atoms with Crippen molar-refractivity contribution < 1.29 is 9.59 Å². The van der Waals surface area contributed by atoms with Crippen molar-refractivity contribution in [3.63, 3.8) is 0 Å². The normalized spacial score (nSPS) is 11.4.